The summed E-state index contributed by atoms with van der Waals surface area (Å²) in [5.41, 5.74) is 1.87. The number of carbonyl (C=O) groups excluding carboxylic acids is 1. The molecule has 104 valence electrons. The van der Waals surface area contributed by atoms with Crippen LogP contribution in [0.15, 0.2) is 48.5 Å². The van der Waals surface area contributed by atoms with Gasteiger partial charge in [0.2, 0.25) is 5.91 Å². The lowest BCUT2D eigenvalue weighted by Crippen LogP contribution is -2.22. The van der Waals surface area contributed by atoms with Gasteiger partial charge < -0.3 is 15.5 Å². The van der Waals surface area contributed by atoms with Crippen LogP contribution in [0.3, 0.4) is 0 Å². The Morgan fingerprint density at radius 3 is 2.40 bits per heavy atom. The van der Waals surface area contributed by atoms with E-state index in [1.807, 2.05) is 30.3 Å². The highest BCUT2D eigenvalue weighted by Gasteiger charge is 2.04. The molecule has 1 amide bonds. The second-order valence-electron chi connectivity index (χ2n) is 4.59. The summed E-state index contributed by atoms with van der Waals surface area (Å²) in [7, 11) is 0. The van der Waals surface area contributed by atoms with Crippen LogP contribution in [0.1, 0.15) is 17.5 Å². The molecule has 20 heavy (non-hydrogen) atoms. The van der Waals surface area contributed by atoms with Gasteiger partial charge in [-0.25, -0.2) is 0 Å². The molecule has 2 rings (SSSR count). The van der Waals surface area contributed by atoms with Crippen LogP contribution in [0.2, 0.25) is 0 Å². The minimum atomic E-state index is -0.180. The zero-order chi connectivity index (χ0) is 14.4. The first-order valence-electron chi connectivity index (χ1n) is 6.46. The maximum atomic E-state index is 11.7. The molecule has 3 N–H and O–H groups in total. The predicted octanol–water partition coefficient (Wildman–Crippen LogP) is 2.35. The number of phenols is 2. The average Bonchev–Trinajstić information content (AvgIpc) is 2.47. The molecule has 0 radical (unpaired) electrons. The third-order valence-corrected chi connectivity index (χ3v) is 3.01. The van der Waals surface area contributed by atoms with Crippen LogP contribution in [0.5, 0.6) is 11.5 Å². The molecule has 0 fully saturated rings. The van der Waals surface area contributed by atoms with E-state index >= 15 is 0 Å². The van der Waals surface area contributed by atoms with E-state index in [1.54, 1.807) is 6.07 Å². The van der Waals surface area contributed by atoms with E-state index in [1.165, 1.54) is 12.1 Å². The van der Waals surface area contributed by atoms with Gasteiger partial charge in [0, 0.05) is 13.0 Å². The van der Waals surface area contributed by atoms with Crippen molar-refractivity contribution in [2.45, 2.75) is 19.4 Å². The third-order valence-electron chi connectivity index (χ3n) is 3.01. The van der Waals surface area contributed by atoms with Gasteiger partial charge in [0.1, 0.15) is 0 Å². The quantitative estimate of drug-likeness (QED) is 0.731. The Kier molecular flexibility index (Phi) is 4.60. The first kappa shape index (κ1) is 13.9. The van der Waals surface area contributed by atoms with Crippen molar-refractivity contribution in [3.05, 3.63) is 59.7 Å². The van der Waals surface area contributed by atoms with Crippen LogP contribution in [0.25, 0.3) is 0 Å². The Balaban J connectivity index is 1.79. The molecule has 2 aromatic carbocycles. The van der Waals surface area contributed by atoms with Crippen LogP contribution in [0.4, 0.5) is 0 Å². The zero-order valence-electron chi connectivity index (χ0n) is 11.0. The van der Waals surface area contributed by atoms with Crippen LogP contribution < -0.4 is 5.32 Å². The predicted molar refractivity (Wildman–Crippen MR) is 76.4 cm³/mol. The van der Waals surface area contributed by atoms with E-state index in [9.17, 15) is 15.0 Å². The second kappa shape index (κ2) is 6.61. The number of hydrogen-bond donors (Lipinski definition) is 3. The van der Waals surface area contributed by atoms with E-state index in [0.717, 1.165) is 11.1 Å². The Hall–Kier alpha value is -2.49. The smallest absolute Gasteiger partial charge is 0.220 e. The molecule has 0 unspecified atom stereocenters. The Labute approximate surface area is 117 Å². The number of nitrogens with one attached hydrogen (secondary N) is 1. The molecule has 4 nitrogen and oxygen atoms in total. The summed E-state index contributed by atoms with van der Waals surface area (Å²) in [6.45, 7) is 0.335. The zero-order valence-corrected chi connectivity index (χ0v) is 11.0. The lowest BCUT2D eigenvalue weighted by Gasteiger charge is -2.06. The van der Waals surface area contributed by atoms with Gasteiger partial charge in [-0.15, -0.1) is 0 Å². The minimum absolute atomic E-state index is 0.0404. The van der Waals surface area contributed by atoms with Crippen molar-refractivity contribution in [3.8, 4) is 11.5 Å². The lowest BCUT2D eigenvalue weighted by molar-refractivity contribution is -0.121. The molecule has 2 aromatic rings. The molecule has 0 aliphatic heterocycles. The SMILES string of the molecule is O=C(CCc1ccccc1)NCc1ccc(O)c(O)c1. The van der Waals surface area contributed by atoms with E-state index < -0.39 is 0 Å². The molecule has 0 aliphatic carbocycles. The maximum absolute atomic E-state index is 11.7. The average molecular weight is 271 g/mol. The number of aromatic hydroxyl groups is 2. The summed E-state index contributed by atoms with van der Waals surface area (Å²) in [5.74, 6) is -0.383. The van der Waals surface area contributed by atoms with Gasteiger partial charge in [-0.1, -0.05) is 36.4 Å². The van der Waals surface area contributed by atoms with E-state index in [2.05, 4.69) is 5.32 Å². The van der Waals surface area contributed by atoms with Gasteiger partial charge in [0.05, 0.1) is 0 Å². The minimum Gasteiger partial charge on any atom is -0.504 e. The number of rotatable bonds is 5. The Morgan fingerprint density at radius 2 is 1.70 bits per heavy atom. The Bertz CT molecular complexity index is 582. The highest BCUT2D eigenvalue weighted by Crippen LogP contribution is 2.24. The molecule has 0 saturated carbocycles. The number of carbonyl (C=O) groups is 1. The van der Waals surface area contributed by atoms with Crippen molar-refractivity contribution in [1.29, 1.82) is 0 Å². The summed E-state index contributed by atoms with van der Waals surface area (Å²) in [6, 6.07) is 14.3. The first-order valence-corrected chi connectivity index (χ1v) is 6.46. The molecule has 0 bridgehead atoms. The van der Waals surface area contributed by atoms with Gasteiger partial charge >= 0.3 is 0 Å². The molecular weight excluding hydrogens is 254 g/mol. The summed E-state index contributed by atoms with van der Waals surface area (Å²) < 4.78 is 0. The van der Waals surface area contributed by atoms with E-state index in [0.29, 0.717) is 19.4 Å². The maximum Gasteiger partial charge on any atom is 0.220 e. The second-order valence-corrected chi connectivity index (χ2v) is 4.59. The van der Waals surface area contributed by atoms with Crippen molar-refractivity contribution in [1.82, 2.24) is 5.32 Å². The molecule has 0 atom stereocenters. The number of phenolic OH excluding ortho intramolecular Hbond substituents is 2. The molecule has 0 spiro atoms. The summed E-state index contributed by atoms with van der Waals surface area (Å²) in [6.07, 6.45) is 1.13. The topological polar surface area (TPSA) is 69.6 Å². The molecule has 0 saturated heterocycles. The number of benzene rings is 2. The van der Waals surface area contributed by atoms with Crippen molar-refractivity contribution >= 4 is 5.91 Å². The highest BCUT2D eigenvalue weighted by atomic mass is 16.3. The standard InChI is InChI=1S/C16H17NO3/c18-14-8-6-13(10-15(14)19)11-17-16(20)9-7-12-4-2-1-3-5-12/h1-6,8,10,18-19H,7,9,11H2,(H,17,20). The number of amides is 1. The van der Waals surface area contributed by atoms with Crippen molar-refractivity contribution in [2.75, 3.05) is 0 Å². The fourth-order valence-electron chi connectivity index (χ4n) is 1.87. The monoisotopic (exact) mass is 271 g/mol. The van der Waals surface area contributed by atoms with Crippen molar-refractivity contribution < 1.29 is 15.0 Å². The van der Waals surface area contributed by atoms with Gasteiger partial charge in [0.25, 0.3) is 0 Å². The van der Waals surface area contributed by atoms with Gasteiger partial charge in [0.15, 0.2) is 11.5 Å². The Morgan fingerprint density at radius 1 is 0.950 bits per heavy atom. The fraction of sp³-hybridized carbons (Fsp3) is 0.188. The van der Waals surface area contributed by atoms with Crippen LogP contribution in [0, 0.1) is 0 Å². The van der Waals surface area contributed by atoms with Crippen LogP contribution in [-0.4, -0.2) is 16.1 Å². The summed E-state index contributed by atoms with van der Waals surface area (Å²) in [5, 5.41) is 21.3. The first-order chi connectivity index (χ1) is 9.65. The van der Waals surface area contributed by atoms with Gasteiger partial charge in [-0.2, -0.15) is 0 Å². The van der Waals surface area contributed by atoms with Crippen molar-refractivity contribution in [3.63, 3.8) is 0 Å². The molecule has 0 aromatic heterocycles. The molecule has 0 heterocycles. The highest BCUT2D eigenvalue weighted by molar-refractivity contribution is 5.76. The van der Waals surface area contributed by atoms with Crippen molar-refractivity contribution in [2.24, 2.45) is 0 Å². The van der Waals surface area contributed by atoms with Crippen LogP contribution >= 0.6 is 0 Å². The largest absolute Gasteiger partial charge is 0.504 e. The molecular formula is C16H17NO3. The third kappa shape index (κ3) is 4.02. The van der Waals surface area contributed by atoms with Crippen LogP contribution in [-0.2, 0) is 17.8 Å². The molecule has 0 aliphatic rings. The summed E-state index contributed by atoms with van der Waals surface area (Å²) >= 11 is 0. The summed E-state index contributed by atoms with van der Waals surface area (Å²) in [4.78, 5) is 11.7. The van der Waals surface area contributed by atoms with E-state index in [-0.39, 0.29) is 17.4 Å². The fourth-order valence-corrected chi connectivity index (χ4v) is 1.87. The van der Waals surface area contributed by atoms with E-state index in [4.69, 9.17) is 0 Å². The number of aryl methyl sites for hydroxylation is 1. The van der Waals surface area contributed by atoms with Gasteiger partial charge in [-0.05, 0) is 29.7 Å². The van der Waals surface area contributed by atoms with Gasteiger partial charge in [-0.3, -0.25) is 4.79 Å². The molecule has 4 heteroatoms. The lowest BCUT2D eigenvalue weighted by atomic mass is 10.1. The normalized spacial score (nSPS) is 10.2. The number of hydrogen-bond acceptors (Lipinski definition) is 3.